The highest BCUT2D eigenvalue weighted by molar-refractivity contribution is 5.56. The van der Waals surface area contributed by atoms with Crippen LogP contribution in [-0.2, 0) is 0 Å². The standard InChI is InChI=1S/C17H22N6/c1-13-11-16(19-9-4-10-23(2)3)22-17(20-13)21-15-7-5-14(12-18)6-8-15/h5-8,11H,4,9-10H2,1-3H3,(H2,19,20,21,22). The van der Waals surface area contributed by atoms with Crippen LogP contribution in [0, 0.1) is 18.3 Å². The number of aromatic nitrogens is 2. The van der Waals surface area contributed by atoms with Crippen molar-refractivity contribution in [1.82, 2.24) is 14.9 Å². The molecule has 0 aliphatic rings. The zero-order valence-corrected chi connectivity index (χ0v) is 13.8. The van der Waals surface area contributed by atoms with Gasteiger partial charge < -0.3 is 15.5 Å². The molecule has 0 saturated carbocycles. The highest BCUT2D eigenvalue weighted by Crippen LogP contribution is 2.16. The second-order valence-corrected chi connectivity index (χ2v) is 5.62. The lowest BCUT2D eigenvalue weighted by Gasteiger charge is -2.12. The minimum Gasteiger partial charge on any atom is -0.370 e. The molecule has 0 fully saturated rings. The van der Waals surface area contributed by atoms with Crippen molar-refractivity contribution in [3.8, 4) is 6.07 Å². The molecule has 1 aromatic carbocycles. The SMILES string of the molecule is Cc1cc(NCCCN(C)C)nc(Nc2ccc(C#N)cc2)n1. The van der Waals surface area contributed by atoms with Gasteiger partial charge in [-0.25, -0.2) is 4.98 Å². The molecule has 2 N–H and O–H groups in total. The van der Waals surface area contributed by atoms with Gasteiger partial charge in [-0.3, -0.25) is 0 Å². The number of benzene rings is 1. The van der Waals surface area contributed by atoms with Gasteiger partial charge in [-0.05, 0) is 58.3 Å². The summed E-state index contributed by atoms with van der Waals surface area (Å²) in [6.45, 7) is 3.84. The Morgan fingerprint density at radius 2 is 1.91 bits per heavy atom. The lowest BCUT2D eigenvalue weighted by Crippen LogP contribution is -2.16. The molecule has 0 spiro atoms. The van der Waals surface area contributed by atoms with Gasteiger partial charge in [-0.2, -0.15) is 10.2 Å². The molecule has 0 aliphatic carbocycles. The second-order valence-electron chi connectivity index (χ2n) is 5.62. The van der Waals surface area contributed by atoms with Gasteiger partial charge in [-0.1, -0.05) is 0 Å². The predicted octanol–water partition coefficient (Wildman–Crippen LogP) is 2.76. The Kier molecular flexibility index (Phi) is 5.89. The van der Waals surface area contributed by atoms with Crippen LogP contribution < -0.4 is 10.6 Å². The van der Waals surface area contributed by atoms with Crippen LogP contribution in [0.15, 0.2) is 30.3 Å². The first kappa shape index (κ1) is 16.7. The van der Waals surface area contributed by atoms with Crippen molar-refractivity contribution in [1.29, 1.82) is 5.26 Å². The van der Waals surface area contributed by atoms with Crippen molar-refractivity contribution in [3.63, 3.8) is 0 Å². The maximum atomic E-state index is 8.82. The smallest absolute Gasteiger partial charge is 0.229 e. The largest absolute Gasteiger partial charge is 0.370 e. The van der Waals surface area contributed by atoms with Crippen molar-refractivity contribution < 1.29 is 0 Å². The highest BCUT2D eigenvalue weighted by Gasteiger charge is 2.03. The molecule has 1 heterocycles. The van der Waals surface area contributed by atoms with Crippen molar-refractivity contribution in [2.75, 3.05) is 37.8 Å². The number of nitriles is 1. The van der Waals surface area contributed by atoms with E-state index >= 15 is 0 Å². The second kappa shape index (κ2) is 8.11. The fraction of sp³-hybridized carbons (Fsp3) is 0.353. The number of nitrogens with zero attached hydrogens (tertiary/aromatic N) is 4. The van der Waals surface area contributed by atoms with Gasteiger partial charge in [0.1, 0.15) is 5.82 Å². The quantitative estimate of drug-likeness (QED) is 0.766. The number of anilines is 3. The Balaban J connectivity index is 2.00. The van der Waals surface area contributed by atoms with Gasteiger partial charge in [0.15, 0.2) is 0 Å². The van der Waals surface area contributed by atoms with E-state index in [1.54, 1.807) is 12.1 Å². The van der Waals surface area contributed by atoms with E-state index in [0.29, 0.717) is 11.5 Å². The fourth-order valence-corrected chi connectivity index (χ4v) is 2.08. The molecule has 6 nitrogen and oxygen atoms in total. The van der Waals surface area contributed by atoms with E-state index in [-0.39, 0.29) is 0 Å². The molecule has 2 aromatic rings. The molecule has 2 rings (SSSR count). The van der Waals surface area contributed by atoms with Crippen molar-refractivity contribution in [2.24, 2.45) is 0 Å². The average molecular weight is 310 g/mol. The third kappa shape index (κ3) is 5.57. The summed E-state index contributed by atoms with van der Waals surface area (Å²) in [5.74, 6) is 1.36. The number of nitrogens with one attached hydrogen (secondary N) is 2. The molecule has 120 valence electrons. The monoisotopic (exact) mass is 310 g/mol. The van der Waals surface area contributed by atoms with Crippen LogP contribution in [0.3, 0.4) is 0 Å². The Morgan fingerprint density at radius 3 is 2.57 bits per heavy atom. The zero-order chi connectivity index (χ0) is 16.7. The predicted molar refractivity (Wildman–Crippen MR) is 92.9 cm³/mol. The van der Waals surface area contributed by atoms with Crippen LogP contribution >= 0.6 is 0 Å². The van der Waals surface area contributed by atoms with Crippen LogP contribution in [0.1, 0.15) is 17.7 Å². The van der Waals surface area contributed by atoms with Gasteiger partial charge in [0, 0.05) is 24.0 Å². The minimum atomic E-state index is 0.546. The van der Waals surface area contributed by atoms with E-state index in [9.17, 15) is 0 Å². The van der Waals surface area contributed by atoms with Gasteiger partial charge >= 0.3 is 0 Å². The molecular formula is C17H22N6. The molecule has 0 unspecified atom stereocenters. The summed E-state index contributed by atoms with van der Waals surface area (Å²) >= 11 is 0. The van der Waals surface area contributed by atoms with Crippen molar-refractivity contribution in [3.05, 3.63) is 41.6 Å². The summed E-state index contributed by atoms with van der Waals surface area (Å²) in [6.07, 6.45) is 1.05. The molecule has 0 bridgehead atoms. The average Bonchev–Trinajstić information content (AvgIpc) is 2.52. The Hall–Kier alpha value is -2.65. The molecule has 0 radical (unpaired) electrons. The number of aryl methyl sites for hydroxylation is 1. The van der Waals surface area contributed by atoms with E-state index in [1.807, 2.05) is 25.1 Å². The van der Waals surface area contributed by atoms with Crippen LogP contribution in [0.25, 0.3) is 0 Å². The summed E-state index contributed by atoms with van der Waals surface area (Å²) in [7, 11) is 4.13. The van der Waals surface area contributed by atoms with Crippen LogP contribution in [0.4, 0.5) is 17.5 Å². The maximum Gasteiger partial charge on any atom is 0.229 e. The molecular weight excluding hydrogens is 288 g/mol. The molecule has 23 heavy (non-hydrogen) atoms. The number of hydrogen-bond acceptors (Lipinski definition) is 6. The van der Waals surface area contributed by atoms with E-state index in [2.05, 4.69) is 45.7 Å². The molecule has 1 aromatic heterocycles. The van der Waals surface area contributed by atoms with Crippen LogP contribution in [0.5, 0.6) is 0 Å². The highest BCUT2D eigenvalue weighted by atomic mass is 15.1. The van der Waals surface area contributed by atoms with E-state index in [0.717, 1.165) is 36.7 Å². The lowest BCUT2D eigenvalue weighted by molar-refractivity contribution is 0.405. The normalized spacial score (nSPS) is 10.4. The molecule has 0 atom stereocenters. The number of rotatable bonds is 7. The van der Waals surface area contributed by atoms with Crippen molar-refractivity contribution >= 4 is 17.5 Å². The fourth-order valence-electron chi connectivity index (χ4n) is 2.08. The maximum absolute atomic E-state index is 8.82. The zero-order valence-electron chi connectivity index (χ0n) is 13.8. The molecule has 0 aliphatic heterocycles. The van der Waals surface area contributed by atoms with E-state index in [1.165, 1.54) is 0 Å². The summed E-state index contributed by atoms with van der Waals surface area (Å²) in [5, 5.41) is 15.3. The summed E-state index contributed by atoms with van der Waals surface area (Å²) in [4.78, 5) is 11.0. The summed E-state index contributed by atoms with van der Waals surface area (Å²) < 4.78 is 0. The van der Waals surface area contributed by atoms with Gasteiger partial charge in [-0.15, -0.1) is 0 Å². The van der Waals surface area contributed by atoms with Gasteiger partial charge in [0.2, 0.25) is 5.95 Å². The van der Waals surface area contributed by atoms with Crippen molar-refractivity contribution in [2.45, 2.75) is 13.3 Å². The van der Waals surface area contributed by atoms with Gasteiger partial charge in [0.25, 0.3) is 0 Å². The molecule has 6 heteroatoms. The number of hydrogen-bond donors (Lipinski definition) is 2. The third-order valence-electron chi connectivity index (χ3n) is 3.21. The Labute approximate surface area is 137 Å². The Bertz CT molecular complexity index is 672. The lowest BCUT2D eigenvalue weighted by atomic mass is 10.2. The molecule has 0 saturated heterocycles. The first-order valence-corrected chi connectivity index (χ1v) is 7.58. The first-order chi connectivity index (χ1) is 11.1. The Morgan fingerprint density at radius 1 is 1.17 bits per heavy atom. The molecule has 0 amide bonds. The van der Waals surface area contributed by atoms with Crippen LogP contribution in [-0.4, -0.2) is 42.1 Å². The van der Waals surface area contributed by atoms with E-state index in [4.69, 9.17) is 5.26 Å². The minimum absolute atomic E-state index is 0.546. The summed E-state index contributed by atoms with van der Waals surface area (Å²) in [5.41, 5.74) is 2.38. The summed E-state index contributed by atoms with van der Waals surface area (Å²) in [6, 6.07) is 11.2. The topological polar surface area (TPSA) is 76.9 Å². The van der Waals surface area contributed by atoms with Gasteiger partial charge in [0.05, 0.1) is 11.6 Å². The first-order valence-electron chi connectivity index (χ1n) is 7.58. The van der Waals surface area contributed by atoms with E-state index < -0.39 is 0 Å². The third-order valence-corrected chi connectivity index (χ3v) is 3.21. The van der Waals surface area contributed by atoms with Crippen LogP contribution in [0.2, 0.25) is 0 Å².